The van der Waals surface area contributed by atoms with E-state index in [2.05, 4.69) is 31.5 Å². The SMILES string of the molecule is COc1cc([N+](=O)[O-])ccc1NC(=O)CN(C)CC(=O)Nc1ccc(Br)cn1. The van der Waals surface area contributed by atoms with Gasteiger partial charge in [-0.2, -0.15) is 0 Å². The molecule has 1 heterocycles. The number of halogens is 1. The summed E-state index contributed by atoms with van der Waals surface area (Å²) in [6.07, 6.45) is 1.56. The molecule has 0 saturated carbocycles. The summed E-state index contributed by atoms with van der Waals surface area (Å²) >= 11 is 3.26. The molecule has 11 heteroatoms. The summed E-state index contributed by atoms with van der Waals surface area (Å²) in [4.78, 5) is 40.0. The number of rotatable bonds is 8. The van der Waals surface area contributed by atoms with Gasteiger partial charge in [-0.25, -0.2) is 4.98 Å². The Morgan fingerprint density at radius 2 is 1.89 bits per heavy atom. The van der Waals surface area contributed by atoms with E-state index in [1.807, 2.05) is 0 Å². The van der Waals surface area contributed by atoms with E-state index in [-0.39, 0.29) is 30.4 Å². The van der Waals surface area contributed by atoms with Gasteiger partial charge in [0, 0.05) is 16.7 Å². The smallest absolute Gasteiger partial charge is 0.273 e. The van der Waals surface area contributed by atoms with Crippen LogP contribution in [0, 0.1) is 10.1 Å². The maximum atomic E-state index is 12.2. The van der Waals surface area contributed by atoms with E-state index in [9.17, 15) is 19.7 Å². The van der Waals surface area contributed by atoms with Crippen molar-refractivity contribution in [2.45, 2.75) is 0 Å². The lowest BCUT2D eigenvalue weighted by atomic mass is 10.2. The molecule has 0 radical (unpaired) electrons. The van der Waals surface area contributed by atoms with Crippen LogP contribution < -0.4 is 15.4 Å². The molecule has 28 heavy (non-hydrogen) atoms. The number of benzene rings is 1. The number of hydrogen-bond acceptors (Lipinski definition) is 7. The zero-order valence-corrected chi connectivity index (χ0v) is 16.7. The minimum atomic E-state index is -0.555. The van der Waals surface area contributed by atoms with Crippen LogP contribution in [0.4, 0.5) is 17.2 Å². The topological polar surface area (TPSA) is 127 Å². The summed E-state index contributed by atoms with van der Waals surface area (Å²) in [5.41, 5.74) is 0.153. The number of nitro benzene ring substituents is 1. The summed E-state index contributed by atoms with van der Waals surface area (Å²) in [5.74, 6) is -0.145. The van der Waals surface area contributed by atoms with Crippen LogP contribution in [-0.4, -0.2) is 53.9 Å². The predicted octanol–water partition coefficient (Wildman–Crippen LogP) is 2.27. The third-order valence-corrected chi connectivity index (χ3v) is 3.96. The lowest BCUT2D eigenvalue weighted by molar-refractivity contribution is -0.384. The van der Waals surface area contributed by atoms with Crippen molar-refractivity contribution in [3.8, 4) is 5.75 Å². The zero-order chi connectivity index (χ0) is 20.7. The fraction of sp³-hybridized carbons (Fsp3) is 0.235. The molecule has 2 N–H and O–H groups in total. The van der Waals surface area contributed by atoms with Gasteiger partial charge in [0.25, 0.3) is 5.69 Å². The second kappa shape index (κ2) is 9.76. The highest BCUT2D eigenvalue weighted by atomic mass is 79.9. The maximum absolute atomic E-state index is 12.2. The average molecular weight is 452 g/mol. The van der Waals surface area contributed by atoms with Gasteiger partial charge >= 0.3 is 0 Å². The minimum absolute atomic E-state index is 0.0252. The van der Waals surface area contributed by atoms with Crippen molar-refractivity contribution in [1.82, 2.24) is 9.88 Å². The van der Waals surface area contributed by atoms with Crippen LogP contribution in [0.5, 0.6) is 5.75 Å². The van der Waals surface area contributed by atoms with E-state index in [4.69, 9.17) is 4.74 Å². The summed E-state index contributed by atoms with van der Waals surface area (Å²) in [7, 11) is 2.96. The number of non-ortho nitro benzene ring substituents is 1. The number of pyridine rings is 1. The number of aromatic nitrogens is 1. The first-order valence-electron chi connectivity index (χ1n) is 8.00. The monoisotopic (exact) mass is 451 g/mol. The number of carbonyl (C=O) groups excluding carboxylic acids is 2. The fourth-order valence-electron chi connectivity index (χ4n) is 2.26. The van der Waals surface area contributed by atoms with Crippen LogP contribution in [0.2, 0.25) is 0 Å². The van der Waals surface area contributed by atoms with Crippen molar-refractivity contribution in [2.75, 3.05) is 37.9 Å². The van der Waals surface area contributed by atoms with Crippen LogP contribution in [-0.2, 0) is 9.59 Å². The van der Waals surface area contributed by atoms with Crippen molar-refractivity contribution >= 4 is 44.9 Å². The first kappa shape index (κ1) is 21.3. The molecule has 1 aromatic heterocycles. The van der Waals surface area contributed by atoms with Crippen molar-refractivity contribution in [2.24, 2.45) is 0 Å². The van der Waals surface area contributed by atoms with Crippen molar-refractivity contribution < 1.29 is 19.2 Å². The van der Waals surface area contributed by atoms with Gasteiger partial charge in [0.1, 0.15) is 11.6 Å². The number of amides is 2. The lowest BCUT2D eigenvalue weighted by Crippen LogP contribution is -2.36. The largest absolute Gasteiger partial charge is 0.494 e. The second-order valence-electron chi connectivity index (χ2n) is 5.77. The Labute approximate surface area is 169 Å². The number of likely N-dealkylation sites (N-methyl/N-ethyl adjacent to an activating group) is 1. The number of nitrogens with one attached hydrogen (secondary N) is 2. The molecule has 148 valence electrons. The summed E-state index contributed by atoms with van der Waals surface area (Å²) < 4.78 is 5.87. The lowest BCUT2D eigenvalue weighted by Gasteiger charge is -2.16. The number of ether oxygens (including phenoxy) is 1. The van der Waals surface area contributed by atoms with Gasteiger partial charge in [0.2, 0.25) is 11.8 Å². The Kier molecular flexibility index (Phi) is 7.41. The molecule has 0 unspecified atom stereocenters. The molecule has 2 rings (SSSR count). The van der Waals surface area contributed by atoms with E-state index in [1.165, 1.54) is 30.2 Å². The van der Waals surface area contributed by atoms with Gasteiger partial charge in [0.05, 0.1) is 36.9 Å². The molecule has 10 nitrogen and oxygen atoms in total. The van der Waals surface area contributed by atoms with Crippen molar-refractivity contribution in [3.63, 3.8) is 0 Å². The summed E-state index contributed by atoms with van der Waals surface area (Å²) in [5, 5.41) is 16.0. The minimum Gasteiger partial charge on any atom is -0.494 e. The highest BCUT2D eigenvalue weighted by Gasteiger charge is 2.15. The van der Waals surface area contributed by atoms with Gasteiger partial charge < -0.3 is 15.4 Å². The normalized spacial score (nSPS) is 10.4. The first-order valence-corrected chi connectivity index (χ1v) is 8.80. The Balaban J connectivity index is 1.89. The molecule has 2 amide bonds. The molecule has 0 saturated heterocycles. The van der Waals surface area contributed by atoms with Crippen molar-refractivity contribution in [3.05, 3.63) is 51.1 Å². The van der Waals surface area contributed by atoms with Gasteiger partial charge in [-0.15, -0.1) is 0 Å². The number of hydrogen-bond donors (Lipinski definition) is 2. The Hall–Kier alpha value is -3.05. The second-order valence-corrected chi connectivity index (χ2v) is 6.69. The predicted molar refractivity (Wildman–Crippen MR) is 106 cm³/mol. The first-order chi connectivity index (χ1) is 13.3. The van der Waals surface area contributed by atoms with Gasteiger partial charge in [-0.05, 0) is 41.2 Å². The molecule has 1 aromatic carbocycles. The number of anilines is 2. The average Bonchev–Trinajstić information content (AvgIpc) is 2.63. The molecule has 0 aliphatic heterocycles. The summed E-state index contributed by atoms with van der Waals surface area (Å²) in [6, 6.07) is 7.27. The molecule has 0 bridgehead atoms. The van der Waals surface area contributed by atoms with E-state index in [1.54, 1.807) is 25.4 Å². The van der Waals surface area contributed by atoms with Gasteiger partial charge in [-0.3, -0.25) is 24.6 Å². The Morgan fingerprint density at radius 1 is 1.21 bits per heavy atom. The highest BCUT2D eigenvalue weighted by Crippen LogP contribution is 2.28. The van der Waals surface area contributed by atoms with Crippen molar-refractivity contribution in [1.29, 1.82) is 0 Å². The number of nitro groups is 1. The Morgan fingerprint density at radius 3 is 2.46 bits per heavy atom. The molecule has 2 aromatic rings. The quantitative estimate of drug-likeness (QED) is 0.465. The molecule has 0 atom stereocenters. The van der Waals surface area contributed by atoms with Crippen LogP contribution in [0.1, 0.15) is 0 Å². The van der Waals surface area contributed by atoms with Crippen LogP contribution in [0.3, 0.4) is 0 Å². The molecule has 0 aliphatic rings. The molecular formula is C17H18BrN5O5. The van der Waals surface area contributed by atoms with Crippen LogP contribution in [0.15, 0.2) is 41.0 Å². The number of methoxy groups -OCH3 is 1. The number of carbonyl (C=O) groups is 2. The molecule has 0 aliphatic carbocycles. The number of nitrogens with zero attached hydrogens (tertiary/aromatic N) is 3. The molecular weight excluding hydrogens is 434 g/mol. The van der Waals surface area contributed by atoms with Gasteiger partial charge in [-0.1, -0.05) is 0 Å². The van der Waals surface area contributed by atoms with Gasteiger partial charge in [0.15, 0.2) is 0 Å². The van der Waals surface area contributed by atoms with E-state index < -0.39 is 10.8 Å². The zero-order valence-electron chi connectivity index (χ0n) is 15.1. The fourth-order valence-corrected chi connectivity index (χ4v) is 2.50. The van der Waals surface area contributed by atoms with E-state index >= 15 is 0 Å². The Bertz CT molecular complexity index is 875. The summed E-state index contributed by atoms with van der Waals surface area (Å²) in [6.45, 7) is -0.0934. The van der Waals surface area contributed by atoms with Crippen LogP contribution in [0.25, 0.3) is 0 Å². The standard InChI is InChI=1S/C17H18BrN5O5/c1-22(10-17(25)21-15-6-3-11(18)8-19-15)9-16(24)20-13-5-4-12(23(26)27)7-14(13)28-2/h3-8H,9-10H2,1-2H3,(H,20,24)(H,19,21,25). The maximum Gasteiger partial charge on any atom is 0.273 e. The molecule has 0 spiro atoms. The molecule has 0 fully saturated rings. The third kappa shape index (κ3) is 6.28. The highest BCUT2D eigenvalue weighted by molar-refractivity contribution is 9.10. The third-order valence-electron chi connectivity index (χ3n) is 3.49. The van der Waals surface area contributed by atoms with E-state index in [0.29, 0.717) is 11.5 Å². The van der Waals surface area contributed by atoms with Crippen LogP contribution >= 0.6 is 15.9 Å². The van der Waals surface area contributed by atoms with E-state index in [0.717, 1.165) is 4.47 Å².